The number of carbonyl (C=O) groups excluding carboxylic acids is 2. The number of nitrogens with one attached hydrogen (secondary N) is 1. The number of piperidine rings is 1. The van der Waals surface area contributed by atoms with Gasteiger partial charge >= 0.3 is 0 Å². The molecule has 5 rings (SSSR count). The normalized spacial score (nSPS) is 22.8. The predicted molar refractivity (Wildman–Crippen MR) is 144 cm³/mol. The Morgan fingerprint density at radius 1 is 1.11 bits per heavy atom. The number of rotatable bonds is 7. The molecule has 1 aromatic heterocycles. The molecule has 202 valence electrons. The van der Waals surface area contributed by atoms with Gasteiger partial charge in [-0.15, -0.1) is 0 Å². The second kappa shape index (κ2) is 12.0. The number of amides is 2. The first-order valence-corrected chi connectivity index (χ1v) is 13.7. The Kier molecular flexibility index (Phi) is 8.32. The van der Waals surface area contributed by atoms with E-state index in [2.05, 4.69) is 25.1 Å². The van der Waals surface area contributed by atoms with E-state index in [1.165, 1.54) is 43.5 Å². The maximum atomic E-state index is 13.4. The van der Waals surface area contributed by atoms with Gasteiger partial charge in [0.05, 0.1) is 5.69 Å². The Balaban J connectivity index is 1.35. The number of anilines is 1. The minimum Gasteiger partial charge on any atom is -0.476 e. The van der Waals surface area contributed by atoms with Crippen LogP contribution >= 0.6 is 0 Å². The molecule has 2 amide bonds. The highest BCUT2D eigenvalue weighted by Gasteiger charge is 2.36. The summed E-state index contributed by atoms with van der Waals surface area (Å²) in [6.07, 6.45) is 9.28. The Labute approximate surface area is 223 Å². The molecule has 1 N–H and O–H groups in total. The number of nitrogens with zero attached hydrogens (tertiary/aromatic N) is 4. The number of aromatic nitrogens is 1. The smallest absolute Gasteiger partial charge is 0.278 e. The molecule has 0 spiro atoms. The fourth-order valence-electron chi connectivity index (χ4n) is 5.83. The number of aliphatic imine (C=N–C) groups is 1. The summed E-state index contributed by atoms with van der Waals surface area (Å²) in [5.41, 5.74) is 2.30. The lowest BCUT2D eigenvalue weighted by Gasteiger charge is -2.35. The van der Waals surface area contributed by atoms with Gasteiger partial charge in [0.2, 0.25) is 11.8 Å². The molecule has 2 aromatic rings. The molecule has 2 aliphatic heterocycles. The summed E-state index contributed by atoms with van der Waals surface area (Å²) in [7, 11) is 1.68. The summed E-state index contributed by atoms with van der Waals surface area (Å²) in [6.45, 7) is 3.70. The van der Waals surface area contributed by atoms with E-state index in [0.29, 0.717) is 30.3 Å². The lowest BCUT2D eigenvalue weighted by atomic mass is 9.84. The molecular weight excluding hydrogens is 485 g/mol. The Morgan fingerprint density at radius 3 is 2.55 bits per heavy atom. The number of likely N-dealkylation sites (tertiary alicyclic amines) is 1. The van der Waals surface area contributed by atoms with Crippen LogP contribution in [0.25, 0.3) is 0 Å². The van der Waals surface area contributed by atoms with Crippen molar-refractivity contribution in [3.63, 3.8) is 0 Å². The van der Waals surface area contributed by atoms with Crippen LogP contribution in [-0.2, 0) is 11.2 Å². The van der Waals surface area contributed by atoms with E-state index >= 15 is 0 Å². The standard InChI is InChI=1S/C29H36FN5O3/c1-31-28(36)20-7-11-24(12-8-20)35-25-18-27(38-16-15-34-13-3-2-4-14-34)32-19-22(25)17-26(35)33-29(37)21-5-9-23(30)10-6-21/h5-6,9-10,18-20,24H,2-4,7-8,11-17H2,1H3,(H,31,36). The Bertz CT molecular complexity index is 1170. The van der Waals surface area contributed by atoms with Crippen LogP contribution in [0, 0.1) is 11.7 Å². The van der Waals surface area contributed by atoms with Gasteiger partial charge in [-0.2, -0.15) is 4.99 Å². The minimum atomic E-state index is -0.400. The van der Waals surface area contributed by atoms with Crippen molar-refractivity contribution in [3.8, 4) is 5.88 Å². The van der Waals surface area contributed by atoms with Crippen molar-refractivity contribution in [2.45, 2.75) is 57.4 Å². The molecule has 9 heteroatoms. The number of benzene rings is 1. The number of fused-ring (bicyclic) bond motifs is 1. The number of pyridine rings is 1. The van der Waals surface area contributed by atoms with Crippen molar-refractivity contribution in [2.24, 2.45) is 10.9 Å². The van der Waals surface area contributed by atoms with Gasteiger partial charge < -0.3 is 15.0 Å². The van der Waals surface area contributed by atoms with Gasteiger partial charge in [0.1, 0.15) is 18.3 Å². The summed E-state index contributed by atoms with van der Waals surface area (Å²) in [5.74, 6) is 0.518. The zero-order chi connectivity index (χ0) is 26.5. The van der Waals surface area contributed by atoms with Gasteiger partial charge in [-0.1, -0.05) is 6.42 Å². The van der Waals surface area contributed by atoms with Crippen LogP contribution in [-0.4, -0.2) is 66.9 Å². The largest absolute Gasteiger partial charge is 0.476 e. The Morgan fingerprint density at radius 2 is 1.84 bits per heavy atom. The number of amidine groups is 1. The molecule has 0 radical (unpaired) electrons. The minimum absolute atomic E-state index is 0.00526. The first-order chi connectivity index (χ1) is 18.5. The maximum Gasteiger partial charge on any atom is 0.278 e. The van der Waals surface area contributed by atoms with Crippen molar-refractivity contribution >= 4 is 23.3 Å². The van der Waals surface area contributed by atoms with Gasteiger partial charge in [-0.3, -0.25) is 14.5 Å². The third-order valence-corrected chi connectivity index (χ3v) is 7.93. The SMILES string of the molecule is CNC(=O)C1CCC(N2C(=NC(=O)c3ccc(F)cc3)Cc3cnc(OCCN4CCCCC4)cc32)CC1. The number of halogens is 1. The lowest BCUT2D eigenvalue weighted by molar-refractivity contribution is -0.125. The van der Waals surface area contributed by atoms with Crippen molar-refractivity contribution in [1.82, 2.24) is 15.2 Å². The Hall–Kier alpha value is -3.33. The molecule has 1 saturated heterocycles. The number of hydrogen-bond donors (Lipinski definition) is 1. The van der Waals surface area contributed by atoms with E-state index in [9.17, 15) is 14.0 Å². The maximum absolute atomic E-state index is 13.4. The van der Waals surface area contributed by atoms with Gasteiger partial charge in [0.25, 0.3) is 5.91 Å². The van der Waals surface area contributed by atoms with Gasteiger partial charge in [0.15, 0.2) is 0 Å². The van der Waals surface area contributed by atoms with Crippen LogP contribution in [0.5, 0.6) is 5.88 Å². The van der Waals surface area contributed by atoms with Crippen LogP contribution in [0.4, 0.5) is 10.1 Å². The first-order valence-electron chi connectivity index (χ1n) is 13.7. The second-order valence-electron chi connectivity index (χ2n) is 10.4. The van der Waals surface area contributed by atoms with Crippen LogP contribution in [0.1, 0.15) is 60.9 Å². The second-order valence-corrected chi connectivity index (χ2v) is 10.4. The van der Waals surface area contributed by atoms with Crippen molar-refractivity contribution in [1.29, 1.82) is 0 Å². The molecule has 8 nitrogen and oxygen atoms in total. The fourth-order valence-corrected chi connectivity index (χ4v) is 5.83. The molecule has 1 saturated carbocycles. The van der Waals surface area contributed by atoms with Crippen LogP contribution < -0.4 is 15.0 Å². The molecule has 38 heavy (non-hydrogen) atoms. The third-order valence-electron chi connectivity index (χ3n) is 7.93. The average Bonchev–Trinajstić information content (AvgIpc) is 3.30. The molecule has 0 bridgehead atoms. The van der Waals surface area contributed by atoms with Crippen LogP contribution in [0.3, 0.4) is 0 Å². The van der Waals surface area contributed by atoms with E-state index in [-0.39, 0.29) is 17.9 Å². The highest BCUT2D eigenvalue weighted by atomic mass is 19.1. The predicted octanol–water partition coefficient (Wildman–Crippen LogP) is 3.99. The van der Waals surface area contributed by atoms with E-state index in [0.717, 1.165) is 56.6 Å². The van der Waals surface area contributed by atoms with E-state index < -0.39 is 11.7 Å². The topological polar surface area (TPSA) is 87.1 Å². The van der Waals surface area contributed by atoms with Crippen molar-refractivity contribution in [2.75, 3.05) is 38.2 Å². The molecule has 2 fully saturated rings. The zero-order valence-corrected chi connectivity index (χ0v) is 22.0. The zero-order valence-electron chi connectivity index (χ0n) is 22.0. The summed E-state index contributed by atoms with van der Waals surface area (Å²) in [6, 6.07) is 7.52. The molecule has 0 atom stereocenters. The van der Waals surface area contributed by atoms with Crippen LogP contribution in [0.15, 0.2) is 41.5 Å². The average molecular weight is 522 g/mol. The van der Waals surface area contributed by atoms with Gasteiger partial charge in [-0.05, 0) is 75.9 Å². The number of hydrogen-bond acceptors (Lipinski definition) is 5. The van der Waals surface area contributed by atoms with E-state index in [1.807, 2.05) is 12.3 Å². The number of carbonyl (C=O) groups is 2. The lowest BCUT2D eigenvalue weighted by Crippen LogP contribution is -2.42. The van der Waals surface area contributed by atoms with E-state index in [4.69, 9.17) is 4.74 Å². The summed E-state index contributed by atoms with van der Waals surface area (Å²) in [5, 5.41) is 2.77. The summed E-state index contributed by atoms with van der Waals surface area (Å²) < 4.78 is 19.4. The number of ether oxygens (including phenoxy) is 1. The van der Waals surface area contributed by atoms with Gasteiger partial charge in [0, 0.05) is 55.4 Å². The third kappa shape index (κ3) is 6.04. The monoisotopic (exact) mass is 521 g/mol. The molecule has 1 aliphatic carbocycles. The first kappa shape index (κ1) is 26.3. The molecular formula is C29H36FN5O3. The summed E-state index contributed by atoms with van der Waals surface area (Å²) >= 11 is 0. The van der Waals surface area contributed by atoms with Gasteiger partial charge in [-0.25, -0.2) is 9.37 Å². The molecule has 3 aliphatic rings. The summed E-state index contributed by atoms with van der Waals surface area (Å²) in [4.78, 5) is 38.8. The molecule has 3 heterocycles. The quantitative estimate of drug-likeness (QED) is 0.593. The van der Waals surface area contributed by atoms with Crippen LogP contribution in [0.2, 0.25) is 0 Å². The molecule has 1 aromatic carbocycles. The van der Waals surface area contributed by atoms with Crippen molar-refractivity contribution < 1.29 is 18.7 Å². The van der Waals surface area contributed by atoms with Crippen molar-refractivity contribution in [3.05, 3.63) is 53.5 Å². The molecule has 0 unspecified atom stereocenters. The van der Waals surface area contributed by atoms with E-state index in [1.54, 1.807) is 7.05 Å². The highest BCUT2D eigenvalue weighted by Crippen LogP contribution is 2.38. The fraction of sp³-hybridized carbons (Fsp3) is 0.517. The highest BCUT2D eigenvalue weighted by molar-refractivity contribution is 6.12.